The first-order valence-corrected chi connectivity index (χ1v) is 11.2. The fourth-order valence-electron chi connectivity index (χ4n) is 3.03. The lowest BCUT2D eigenvalue weighted by molar-refractivity contribution is -0.116. The molecule has 1 N–H and O–H groups in total. The molecule has 0 aliphatic carbocycles. The highest BCUT2D eigenvalue weighted by atomic mass is 35.5. The Morgan fingerprint density at radius 1 is 1.19 bits per heavy atom. The molecule has 0 bridgehead atoms. The van der Waals surface area contributed by atoms with Gasteiger partial charge in [-0.05, 0) is 36.4 Å². The number of carbonyl (C=O) groups excluding carboxylic acids is 2. The molecule has 166 valence electrons. The number of carbonyl (C=O) groups is 2. The third kappa shape index (κ3) is 5.59. The van der Waals surface area contributed by atoms with Crippen LogP contribution in [-0.2, 0) is 19.6 Å². The molecule has 1 aliphatic heterocycles. The van der Waals surface area contributed by atoms with Gasteiger partial charge in [-0.3, -0.25) is 9.59 Å². The quantitative estimate of drug-likeness (QED) is 0.699. The summed E-state index contributed by atoms with van der Waals surface area (Å²) < 4.78 is 45.6. The zero-order valence-electron chi connectivity index (χ0n) is 16.7. The van der Waals surface area contributed by atoms with E-state index in [4.69, 9.17) is 16.3 Å². The van der Waals surface area contributed by atoms with E-state index in [9.17, 15) is 22.4 Å². The van der Waals surface area contributed by atoms with Crippen LogP contribution in [0.3, 0.4) is 0 Å². The Balaban J connectivity index is 1.70. The highest BCUT2D eigenvalue weighted by Gasteiger charge is 2.28. The van der Waals surface area contributed by atoms with Gasteiger partial charge < -0.3 is 15.0 Å². The lowest BCUT2D eigenvalue weighted by atomic mass is 10.2. The van der Waals surface area contributed by atoms with Gasteiger partial charge in [0, 0.05) is 31.4 Å². The molecule has 0 aromatic heterocycles. The number of rotatable bonds is 6. The van der Waals surface area contributed by atoms with Gasteiger partial charge >= 0.3 is 0 Å². The number of halogens is 2. The summed E-state index contributed by atoms with van der Waals surface area (Å²) in [6.07, 6.45) is 0. The third-order valence-corrected chi connectivity index (χ3v) is 6.98. The van der Waals surface area contributed by atoms with Gasteiger partial charge in [0.15, 0.2) is 0 Å². The van der Waals surface area contributed by atoms with Crippen LogP contribution in [0.2, 0.25) is 5.02 Å². The van der Waals surface area contributed by atoms with Crippen molar-refractivity contribution in [3.8, 4) is 0 Å². The summed E-state index contributed by atoms with van der Waals surface area (Å²) in [4.78, 5) is 25.7. The number of benzene rings is 2. The molecule has 8 nitrogen and oxygen atoms in total. The van der Waals surface area contributed by atoms with Crippen LogP contribution < -0.4 is 5.32 Å². The SMILES string of the molecule is CN(CC(=O)Nc1ccc(Cl)c(S(=O)(=O)N2CCOCC2)c1)C(=O)c1cccc(F)c1. The number of ether oxygens (including phenoxy) is 1. The second-order valence-corrected chi connectivity index (χ2v) is 9.19. The first kappa shape index (κ1) is 23.1. The molecule has 1 aliphatic rings. The largest absolute Gasteiger partial charge is 0.379 e. The van der Waals surface area contributed by atoms with E-state index in [1.165, 1.54) is 47.8 Å². The van der Waals surface area contributed by atoms with Crippen LogP contribution in [0, 0.1) is 5.82 Å². The highest BCUT2D eigenvalue weighted by molar-refractivity contribution is 7.89. The van der Waals surface area contributed by atoms with Crippen molar-refractivity contribution in [2.45, 2.75) is 4.90 Å². The Kier molecular flexibility index (Phi) is 7.26. The smallest absolute Gasteiger partial charge is 0.254 e. The average molecular weight is 470 g/mol. The lowest BCUT2D eigenvalue weighted by Crippen LogP contribution is -2.40. The van der Waals surface area contributed by atoms with E-state index in [1.54, 1.807) is 0 Å². The molecule has 3 rings (SSSR count). The van der Waals surface area contributed by atoms with Crippen molar-refractivity contribution < 1.29 is 27.1 Å². The van der Waals surface area contributed by atoms with Gasteiger partial charge in [0.25, 0.3) is 5.91 Å². The van der Waals surface area contributed by atoms with Gasteiger partial charge in [-0.25, -0.2) is 12.8 Å². The van der Waals surface area contributed by atoms with E-state index in [0.717, 1.165) is 11.0 Å². The minimum atomic E-state index is -3.86. The Morgan fingerprint density at radius 2 is 1.90 bits per heavy atom. The fourth-order valence-corrected chi connectivity index (χ4v) is 4.94. The third-order valence-electron chi connectivity index (χ3n) is 4.60. The monoisotopic (exact) mass is 469 g/mol. The van der Waals surface area contributed by atoms with Crippen molar-refractivity contribution >= 4 is 39.1 Å². The number of hydrogen-bond donors (Lipinski definition) is 1. The Hall–Kier alpha value is -2.53. The first-order valence-electron chi connectivity index (χ1n) is 9.37. The molecule has 0 radical (unpaired) electrons. The number of nitrogens with one attached hydrogen (secondary N) is 1. The maximum Gasteiger partial charge on any atom is 0.254 e. The molecule has 2 amide bonds. The second kappa shape index (κ2) is 9.73. The number of anilines is 1. The summed E-state index contributed by atoms with van der Waals surface area (Å²) in [7, 11) is -2.45. The number of likely N-dealkylation sites (N-methyl/N-ethyl adjacent to an activating group) is 1. The summed E-state index contributed by atoms with van der Waals surface area (Å²) in [6, 6.07) is 9.27. The van der Waals surface area contributed by atoms with Crippen molar-refractivity contribution in [2.24, 2.45) is 0 Å². The number of morpholine rings is 1. The second-order valence-electron chi connectivity index (χ2n) is 6.88. The molecular formula is C20H21ClFN3O5S. The molecule has 2 aromatic rings. The molecule has 0 unspecified atom stereocenters. The molecule has 1 fully saturated rings. The fraction of sp³-hybridized carbons (Fsp3) is 0.300. The van der Waals surface area contributed by atoms with Crippen LogP contribution in [0.15, 0.2) is 47.4 Å². The number of hydrogen-bond acceptors (Lipinski definition) is 5. The summed E-state index contributed by atoms with van der Waals surface area (Å²) in [5.41, 5.74) is 0.327. The molecular weight excluding hydrogens is 449 g/mol. The Bertz CT molecular complexity index is 1090. The highest BCUT2D eigenvalue weighted by Crippen LogP contribution is 2.28. The van der Waals surface area contributed by atoms with E-state index in [2.05, 4.69) is 5.32 Å². The van der Waals surface area contributed by atoms with Gasteiger partial charge in [0.05, 0.1) is 24.8 Å². The van der Waals surface area contributed by atoms with Crippen molar-refractivity contribution in [1.29, 1.82) is 0 Å². The standard InChI is InChI=1S/C20H21ClFN3O5S/c1-24(20(27)14-3-2-4-15(22)11-14)13-19(26)23-16-5-6-17(21)18(12-16)31(28,29)25-7-9-30-10-8-25/h2-6,11-12H,7-10,13H2,1H3,(H,23,26). The maximum atomic E-state index is 13.3. The van der Waals surface area contributed by atoms with Crippen LogP contribution in [0.5, 0.6) is 0 Å². The van der Waals surface area contributed by atoms with Crippen molar-refractivity contribution in [3.05, 3.63) is 58.9 Å². The van der Waals surface area contributed by atoms with Crippen LogP contribution in [0.4, 0.5) is 10.1 Å². The predicted molar refractivity (Wildman–Crippen MR) is 113 cm³/mol. The molecule has 0 saturated carbocycles. The van der Waals surface area contributed by atoms with Gasteiger partial charge in [-0.15, -0.1) is 0 Å². The molecule has 11 heteroatoms. The van der Waals surface area contributed by atoms with Crippen LogP contribution in [-0.4, -0.2) is 69.3 Å². The van der Waals surface area contributed by atoms with E-state index in [0.29, 0.717) is 13.2 Å². The van der Waals surface area contributed by atoms with Gasteiger partial charge in [-0.2, -0.15) is 4.31 Å². The minimum absolute atomic E-state index is 0.0305. The van der Waals surface area contributed by atoms with Crippen molar-refractivity contribution in [3.63, 3.8) is 0 Å². The number of sulfonamides is 1. The van der Waals surface area contributed by atoms with Crippen molar-refractivity contribution in [2.75, 3.05) is 45.2 Å². The molecule has 0 spiro atoms. The average Bonchev–Trinajstić information content (AvgIpc) is 2.75. The molecule has 1 heterocycles. The minimum Gasteiger partial charge on any atom is -0.379 e. The van der Waals surface area contributed by atoms with E-state index in [1.807, 2.05) is 0 Å². The number of amides is 2. The van der Waals surface area contributed by atoms with Gasteiger partial charge in [0.2, 0.25) is 15.9 Å². The predicted octanol–water partition coefficient (Wildman–Crippen LogP) is 2.21. The topological polar surface area (TPSA) is 96.0 Å². The molecule has 1 saturated heterocycles. The van der Waals surface area contributed by atoms with Gasteiger partial charge in [-0.1, -0.05) is 17.7 Å². The summed E-state index contributed by atoms with van der Waals surface area (Å²) >= 11 is 6.11. The first-order chi connectivity index (χ1) is 14.7. The van der Waals surface area contributed by atoms with Crippen LogP contribution in [0.1, 0.15) is 10.4 Å². The van der Waals surface area contributed by atoms with Crippen LogP contribution >= 0.6 is 11.6 Å². The van der Waals surface area contributed by atoms with Crippen LogP contribution in [0.25, 0.3) is 0 Å². The Morgan fingerprint density at radius 3 is 2.58 bits per heavy atom. The normalized spacial score (nSPS) is 14.8. The zero-order chi connectivity index (χ0) is 22.6. The zero-order valence-corrected chi connectivity index (χ0v) is 18.2. The van der Waals surface area contributed by atoms with E-state index in [-0.39, 0.29) is 40.8 Å². The molecule has 31 heavy (non-hydrogen) atoms. The summed E-state index contributed by atoms with van der Waals surface area (Å²) in [5, 5.41) is 2.59. The molecule has 2 aromatic carbocycles. The summed E-state index contributed by atoms with van der Waals surface area (Å²) in [5.74, 6) is -1.63. The van der Waals surface area contributed by atoms with E-state index < -0.39 is 27.7 Å². The summed E-state index contributed by atoms with van der Waals surface area (Å²) in [6.45, 7) is 0.686. The number of nitrogens with zero attached hydrogens (tertiary/aromatic N) is 2. The van der Waals surface area contributed by atoms with Crippen molar-refractivity contribution in [1.82, 2.24) is 9.21 Å². The lowest BCUT2D eigenvalue weighted by Gasteiger charge is -2.26. The Labute approximate surface area is 184 Å². The van der Waals surface area contributed by atoms with E-state index >= 15 is 0 Å². The van der Waals surface area contributed by atoms with Gasteiger partial charge in [0.1, 0.15) is 10.7 Å². The maximum absolute atomic E-state index is 13.3. The molecule has 0 atom stereocenters.